The average Bonchev–Trinajstić information content (AvgIpc) is 2.80. The SMILES string of the molecule is OC1(c2cc(F)ccn2)CC2CCC(C1)N2Cc1ccccc1. The van der Waals surface area contributed by atoms with E-state index in [1.54, 1.807) is 0 Å². The number of nitrogens with zero attached hydrogens (tertiary/aromatic N) is 2. The second-order valence-electron chi connectivity index (χ2n) is 6.84. The van der Waals surface area contributed by atoms with Gasteiger partial charge in [0.15, 0.2) is 0 Å². The van der Waals surface area contributed by atoms with Gasteiger partial charge in [0.25, 0.3) is 0 Å². The molecule has 4 heteroatoms. The van der Waals surface area contributed by atoms with E-state index in [1.165, 1.54) is 23.9 Å². The summed E-state index contributed by atoms with van der Waals surface area (Å²) in [6.07, 6.45) is 4.89. The van der Waals surface area contributed by atoms with Crippen LogP contribution in [0.2, 0.25) is 0 Å². The number of pyridine rings is 1. The molecule has 2 atom stereocenters. The zero-order valence-corrected chi connectivity index (χ0v) is 13.0. The molecule has 1 N–H and O–H groups in total. The monoisotopic (exact) mass is 312 g/mol. The van der Waals surface area contributed by atoms with Gasteiger partial charge in [-0.2, -0.15) is 0 Å². The van der Waals surface area contributed by atoms with E-state index in [1.807, 2.05) is 6.07 Å². The summed E-state index contributed by atoms with van der Waals surface area (Å²) in [4.78, 5) is 6.74. The molecule has 120 valence electrons. The van der Waals surface area contributed by atoms with Gasteiger partial charge in [0.05, 0.1) is 5.69 Å². The van der Waals surface area contributed by atoms with Crippen LogP contribution in [0.4, 0.5) is 4.39 Å². The number of piperidine rings is 1. The molecule has 0 amide bonds. The molecule has 2 aliphatic heterocycles. The van der Waals surface area contributed by atoms with Crippen molar-refractivity contribution in [3.05, 3.63) is 65.7 Å². The Labute approximate surface area is 135 Å². The number of hydrogen-bond donors (Lipinski definition) is 1. The molecule has 4 rings (SSSR count). The second kappa shape index (κ2) is 5.69. The van der Waals surface area contributed by atoms with Gasteiger partial charge in [-0.25, -0.2) is 4.39 Å². The van der Waals surface area contributed by atoms with Crippen LogP contribution in [-0.4, -0.2) is 27.1 Å². The first-order chi connectivity index (χ1) is 11.1. The number of hydrogen-bond acceptors (Lipinski definition) is 3. The average molecular weight is 312 g/mol. The smallest absolute Gasteiger partial charge is 0.126 e. The van der Waals surface area contributed by atoms with Crippen LogP contribution in [0, 0.1) is 5.82 Å². The number of fused-ring (bicyclic) bond motifs is 2. The van der Waals surface area contributed by atoms with Gasteiger partial charge >= 0.3 is 0 Å². The molecule has 0 spiro atoms. The maximum Gasteiger partial charge on any atom is 0.126 e. The van der Waals surface area contributed by atoms with E-state index in [0.29, 0.717) is 30.6 Å². The van der Waals surface area contributed by atoms with E-state index >= 15 is 0 Å². The summed E-state index contributed by atoms with van der Waals surface area (Å²) >= 11 is 0. The Morgan fingerprint density at radius 3 is 2.48 bits per heavy atom. The predicted molar refractivity (Wildman–Crippen MR) is 86.1 cm³/mol. The third-order valence-electron chi connectivity index (χ3n) is 5.32. The fourth-order valence-corrected chi connectivity index (χ4v) is 4.24. The topological polar surface area (TPSA) is 36.4 Å². The molecular formula is C19H21FN2O. The maximum absolute atomic E-state index is 13.5. The van der Waals surface area contributed by atoms with Gasteiger partial charge in [-0.1, -0.05) is 30.3 Å². The first-order valence-corrected chi connectivity index (χ1v) is 8.28. The van der Waals surface area contributed by atoms with Crippen molar-refractivity contribution in [2.45, 2.75) is 49.9 Å². The summed E-state index contributed by atoms with van der Waals surface area (Å²) in [7, 11) is 0. The number of halogens is 1. The molecule has 0 aliphatic carbocycles. The van der Waals surface area contributed by atoms with Gasteiger partial charge in [-0.05, 0) is 43.4 Å². The zero-order chi connectivity index (χ0) is 15.9. The third-order valence-corrected chi connectivity index (χ3v) is 5.32. The molecule has 2 saturated heterocycles. The minimum Gasteiger partial charge on any atom is -0.383 e. The van der Waals surface area contributed by atoms with E-state index in [2.05, 4.69) is 34.1 Å². The normalized spacial score (nSPS) is 30.5. The molecule has 2 aliphatic rings. The summed E-state index contributed by atoms with van der Waals surface area (Å²) in [5.41, 5.74) is 0.786. The van der Waals surface area contributed by atoms with E-state index < -0.39 is 5.60 Å². The van der Waals surface area contributed by atoms with Crippen molar-refractivity contribution in [2.75, 3.05) is 0 Å². The molecule has 1 aromatic carbocycles. The summed E-state index contributed by atoms with van der Waals surface area (Å²) in [5.74, 6) is -0.331. The van der Waals surface area contributed by atoms with Crippen molar-refractivity contribution in [3.8, 4) is 0 Å². The van der Waals surface area contributed by atoms with Crippen LogP contribution < -0.4 is 0 Å². The van der Waals surface area contributed by atoms with Crippen molar-refractivity contribution in [1.29, 1.82) is 0 Å². The molecule has 0 saturated carbocycles. The highest BCUT2D eigenvalue weighted by atomic mass is 19.1. The molecular weight excluding hydrogens is 291 g/mol. The molecule has 3 heterocycles. The molecule has 1 aromatic heterocycles. The van der Waals surface area contributed by atoms with E-state index in [-0.39, 0.29) is 5.82 Å². The van der Waals surface area contributed by atoms with Crippen molar-refractivity contribution < 1.29 is 9.50 Å². The molecule has 2 unspecified atom stereocenters. The van der Waals surface area contributed by atoms with Gasteiger partial charge < -0.3 is 5.11 Å². The number of rotatable bonds is 3. The number of aliphatic hydroxyl groups is 1. The van der Waals surface area contributed by atoms with E-state index in [9.17, 15) is 9.50 Å². The Kier molecular flexibility index (Phi) is 3.66. The standard InChI is InChI=1S/C19H21FN2O/c20-15-8-9-21-18(10-15)19(23)11-16-6-7-17(12-19)22(16)13-14-4-2-1-3-5-14/h1-5,8-10,16-17,23H,6-7,11-13H2. The first kappa shape index (κ1) is 14.8. The van der Waals surface area contributed by atoms with E-state index in [0.717, 1.165) is 19.4 Å². The fourth-order valence-electron chi connectivity index (χ4n) is 4.24. The zero-order valence-electron chi connectivity index (χ0n) is 13.0. The Balaban J connectivity index is 1.55. The summed E-state index contributed by atoms with van der Waals surface area (Å²) in [5, 5.41) is 11.1. The largest absolute Gasteiger partial charge is 0.383 e. The highest BCUT2D eigenvalue weighted by molar-refractivity contribution is 5.20. The van der Waals surface area contributed by atoms with Crippen LogP contribution in [0.15, 0.2) is 48.7 Å². The lowest BCUT2D eigenvalue weighted by atomic mass is 9.83. The Morgan fingerprint density at radius 1 is 1.13 bits per heavy atom. The quantitative estimate of drug-likeness (QED) is 0.945. The van der Waals surface area contributed by atoms with Gasteiger partial charge in [-0.3, -0.25) is 9.88 Å². The number of benzene rings is 1. The van der Waals surface area contributed by atoms with Crippen molar-refractivity contribution in [2.24, 2.45) is 0 Å². The summed E-state index contributed by atoms with van der Waals surface area (Å²) in [6, 6.07) is 13.8. The van der Waals surface area contributed by atoms with Gasteiger partial charge in [-0.15, -0.1) is 0 Å². The highest BCUT2D eigenvalue weighted by Gasteiger charge is 2.48. The molecule has 2 fully saturated rings. The predicted octanol–water partition coefficient (Wildman–Crippen LogP) is 3.24. The molecule has 2 aromatic rings. The Bertz CT molecular complexity index is 677. The third kappa shape index (κ3) is 2.77. The van der Waals surface area contributed by atoms with Gasteiger partial charge in [0.1, 0.15) is 11.4 Å². The second-order valence-corrected chi connectivity index (χ2v) is 6.84. The minimum atomic E-state index is -0.999. The Hall–Kier alpha value is -1.78. The lowest BCUT2D eigenvalue weighted by Gasteiger charge is -2.43. The fraction of sp³-hybridized carbons (Fsp3) is 0.421. The van der Waals surface area contributed by atoms with Crippen LogP contribution in [0.5, 0.6) is 0 Å². The molecule has 2 bridgehead atoms. The van der Waals surface area contributed by atoms with Crippen molar-refractivity contribution in [3.63, 3.8) is 0 Å². The summed E-state index contributed by atoms with van der Waals surface area (Å²) in [6.45, 7) is 0.919. The van der Waals surface area contributed by atoms with Crippen LogP contribution >= 0.6 is 0 Å². The highest BCUT2D eigenvalue weighted by Crippen LogP contribution is 2.45. The van der Waals surface area contributed by atoms with Crippen molar-refractivity contribution >= 4 is 0 Å². The molecule has 23 heavy (non-hydrogen) atoms. The van der Waals surface area contributed by atoms with Crippen molar-refractivity contribution in [1.82, 2.24) is 9.88 Å². The Morgan fingerprint density at radius 2 is 1.83 bits per heavy atom. The maximum atomic E-state index is 13.5. The molecule has 3 nitrogen and oxygen atoms in total. The van der Waals surface area contributed by atoms with Gasteiger partial charge in [0, 0.05) is 24.8 Å². The van der Waals surface area contributed by atoms with Crippen LogP contribution in [0.25, 0.3) is 0 Å². The van der Waals surface area contributed by atoms with Crippen LogP contribution in [0.3, 0.4) is 0 Å². The molecule has 0 radical (unpaired) electrons. The van der Waals surface area contributed by atoms with Gasteiger partial charge in [0.2, 0.25) is 0 Å². The lowest BCUT2D eigenvalue weighted by Crippen LogP contribution is -2.49. The minimum absolute atomic E-state index is 0.331. The first-order valence-electron chi connectivity index (χ1n) is 8.28. The summed E-state index contributed by atoms with van der Waals surface area (Å²) < 4.78 is 13.5. The van der Waals surface area contributed by atoms with Crippen LogP contribution in [0.1, 0.15) is 36.9 Å². The van der Waals surface area contributed by atoms with E-state index in [4.69, 9.17) is 0 Å². The van der Waals surface area contributed by atoms with Crippen LogP contribution in [-0.2, 0) is 12.1 Å². The lowest BCUT2D eigenvalue weighted by molar-refractivity contribution is -0.0625. The number of aromatic nitrogens is 1.